The summed E-state index contributed by atoms with van der Waals surface area (Å²) >= 11 is 0. The van der Waals surface area contributed by atoms with Gasteiger partial charge in [0.25, 0.3) is 0 Å². The van der Waals surface area contributed by atoms with E-state index in [0.717, 1.165) is 25.7 Å². The normalized spacial score (nSPS) is 22.1. The van der Waals surface area contributed by atoms with Gasteiger partial charge >= 0.3 is 0 Å². The van der Waals surface area contributed by atoms with Crippen molar-refractivity contribution in [1.82, 2.24) is 10.2 Å². The molecule has 1 rings (SSSR count). The first-order valence-electron chi connectivity index (χ1n) is 7.57. The maximum absolute atomic E-state index is 5.69. The van der Waals surface area contributed by atoms with Gasteiger partial charge in [0.2, 0.25) is 0 Å². The van der Waals surface area contributed by atoms with Crippen LogP contribution in [0.15, 0.2) is 0 Å². The third-order valence-electron chi connectivity index (χ3n) is 4.14. The minimum atomic E-state index is -0.422. The summed E-state index contributed by atoms with van der Waals surface area (Å²) in [6.45, 7) is 11.0. The highest BCUT2D eigenvalue weighted by atomic mass is 16.7. The molecule has 0 bridgehead atoms. The Hall–Kier alpha value is -0.160. The molecule has 0 saturated carbocycles. The zero-order valence-corrected chi connectivity index (χ0v) is 13.5. The van der Waals surface area contributed by atoms with E-state index in [0.29, 0.717) is 12.1 Å². The molecule has 0 aliphatic carbocycles. The van der Waals surface area contributed by atoms with Gasteiger partial charge in [0.15, 0.2) is 5.79 Å². The van der Waals surface area contributed by atoms with Gasteiger partial charge in [-0.1, -0.05) is 26.7 Å². The topological polar surface area (TPSA) is 33.7 Å². The molecular weight excluding hydrogens is 240 g/mol. The van der Waals surface area contributed by atoms with Crippen molar-refractivity contribution in [3.8, 4) is 0 Å². The molecule has 1 atom stereocenters. The standard InChI is InChI=1S/C15H32N2O2/c1-7-12(8-2)14(17(5)6)9-16-13-10-18-15(3,4)19-11-13/h12-14,16H,7-11H2,1-6H3. The molecule has 0 aromatic carbocycles. The summed E-state index contributed by atoms with van der Waals surface area (Å²) in [4.78, 5) is 2.33. The molecule has 1 aliphatic heterocycles. The van der Waals surface area contributed by atoms with Crippen LogP contribution < -0.4 is 5.32 Å². The Bertz CT molecular complexity index is 243. The van der Waals surface area contributed by atoms with Crippen molar-refractivity contribution in [2.75, 3.05) is 33.9 Å². The van der Waals surface area contributed by atoms with Gasteiger partial charge in [0.1, 0.15) is 0 Å². The Kier molecular flexibility index (Phi) is 6.74. The minimum Gasteiger partial charge on any atom is -0.349 e. The van der Waals surface area contributed by atoms with Crippen LogP contribution in [-0.4, -0.2) is 56.6 Å². The fourth-order valence-electron chi connectivity index (χ4n) is 2.70. The SMILES string of the molecule is CCC(CC)C(CNC1COC(C)(C)OC1)N(C)C. The number of likely N-dealkylation sites (N-methyl/N-ethyl adjacent to an activating group) is 1. The summed E-state index contributed by atoms with van der Waals surface area (Å²) in [5, 5.41) is 3.60. The molecule has 0 radical (unpaired) electrons. The van der Waals surface area contributed by atoms with Crippen LogP contribution in [-0.2, 0) is 9.47 Å². The molecule has 0 aromatic rings. The number of nitrogens with one attached hydrogen (secondary N) is 1. The third kappa shape index (κ3) is 5.38. The predicted octanol–water partition coefficient (Wildman–Crippen LogP) is 2.09. The van der Waals surface area contributed by atoms with Crippen LogP contribution in [0, 0.1) is 5.92 Å². The largest absolute Gasteiger partial charge is 0.349 e. The van der Waals surface area contributed by atoms with E-state index in [-0.39, 0.29) is 0 Å². The quantitative estimate of drug-likeness (QED) is 0.769. The van der Waals surface area contributed by atoms with E-state index in [9.17, 15) is 0 Å². The van der Waals surface area contributed by atoms with Crippen LogP contribution in [0.25, 0.3) is 0 Å². The van der Waals surface area contributed by atoms with Gasteiger partial charge in [-0.15, -0.1) is 0 Å². The van der Waals surface area contributed by atoms with Crippen LogP contribution in [0.4, 0.5) is 0 Å². The Morgan fingerprint density at radius 1 is 1.16 bits per heavy atom. The molecule has 0 aromatic heterocycles. The second-order valence-electron chi connectivity index (χ2n) is 6.23. The maximum Gasteiger partial charge on any atom is 0.162 e. The third-order valence-corrected chi connectivity index (χ3v) is 4.14. The molecule has 4 nitrogen and oxygen atoms in total. The van der Waals surface area contributed by atoms with Gasteiger partial charge in [0, 0.05) is 12.6 Å². The highest BCUT2D eigenvalue weighted by Gasteiger charge is 2.29. The highest BCUT2D eigenvalue weighted by molar-refractivity contribution is 4.81. The predicted molar refractivity (Wildman–Crippen MR) is 79.3 cm³/mol. The molecule has 1 N–H and O–H groups in total. The molecule has 1 heterocycles. The lowest BCUT2D eigenvalue weighted by Crippen LogP contribution is -2.52. The number of nitrogens with zero attached hydrogens (tertiary/aromatic N) is 1. The summed E-state index contributed by atoms with van der Waals surface area (Å²) < 4.78 is 11.4. The second-order valence-corrected chi connectivity index (χ2v) is 6.23. The lowest BCUT2D eigenvalue weighted by atomic mass is 9.93. The van der Waals surface area contributed by atoms with Gasteiger partial charge in [-0.25, -0.2) is 0 Å². The number of hydrogen-bond donors (Lipinski definition) is 1. The second kappa shape index (κ2) is 7.58. The first-order valence-corrected chi connectivity index (χ1v) is 7.57. The lowest BCUT2D eigenvalue weighted by Gasteiger charge is -2.37. The average molecular weight is 272 g/mol. The van der Waals surface area contributed by atoms with E-state index in [1.54, 1.807) is 0 Å². The van der Waals surface area contributed by atoms with E-state index in [4.69, 9.17) is 9.47 Å². The first kappa shape index (κ1) is 16.9. The van der Waals surface area contributed by atoms with Gasteiger partial charge < -0.3 is 19.7 Å². The Labute approximate surface area is 118 Å². The van der Waals surface area contributed by atoms with Gasteiger partial charge in [-0.05, 0) is 33.9 Å². The number of hydrogen-bond acceptors (Lipinski definition) is 4. The van der Waals surface area contributed by atoms with Crippen LogP contribution in [0.1, 0.15) is 40.5 Å². The minimum absolute atomic E-state index is 0.310. The molecule has 1 fully saturated rings. The van der Waals surface area contributed by atoms with Crippen molar-refractivity contribution >= 4 is 0 Å². The average Bonchev–Trinajstić information content (AvgIpc) is 2.35. The molecule has 0 amide bonds. The van der Waals surface area contributed by atoms with Crippen molar-refractivity contribution in [3.05, 3.63) is 0 Å². The monoisotopic (exact) mass is 272 g/mol. The van der Waals surface area contributed by atoms with Crippen molar-refractivity contribution in [3.63, 3.8) is 0 Å². The molecule has 19 heavy (non-hydrogen) atoms. The number of ether oxygens (including phenoxy) is 2. The Morgan fingerprint density at radius 3 is 2.11 bits per heavy atom. The summed E-state index contributed by atoms with van der Waals surface area (Å²) in [5.41, 5.74) is 0. The van der Waals surface area contributed by atoms with Gasteiger partial charge in [-0.3, -0.25) is 0 Å². The molecule has 0 spiro atoms. The summed E-state index contributed by atoms with van der Waals surface area (Å²) in [5.74, 6) is 0.318. The molecular formula is C15H32N2O2. The molecule has 114 valence electrons. The Balaban J connectivity index is 2.40. The smallest absolute Gasteiger partial charge is 0.162 e. The molecule has 1 saturated heterocycles. The van der Waals surface area contributed by atoms with Crippen LogP contribution >= 0.6 is 0 Å². The zero-order chi connectivity index (χ0) is 14.5. The van der Waals surface area contributed by atoms with E-state index in [2.05, 4.69) is 38.2 Å². The summed E-state index contributed by atoms with van der Waals surface area (Å²) in [7, 11) is 4.34. The van der Waals surface area contributed by atoms with E-state index in [1.807, 2.05) is 13.8 Å². The molecule has 4 heteroatoms. The fourth-order valence-corrected chi connectivity index (χ4v) is 2.70. The van der Waals surface area contributed by atoms with E-state index in [1.165, 1.54) is 12.8 Å². The van der Waals surface area contributed by atoms with Gasteiger partial charge in [-0.2, -0.15) is 0 Å². The van der Waals surface area contributed by atoms with Crippen molar-refractivity contribution < 1.29 is 9.47 Å². The fraction of sp³-hybridized carbons (Fsp3) is 1.00. The van der Waals surface area contributed by atoms with Gasteiger partial charge in [0.05, 0.1) is 19.3 Å². The summed E-state index contributed by atoms with van der Waals surface area (Å²) in [6.07, 6.45) is 2.46. The Morgan fingerprint density at radius 2 is 1.68 bits per heavy atom. The van der Waals surface area contributed by atoms with Crippen molar-refractivity contribution in [2.45, 2.75) is 58.4 Å². The lowest BCUT2D eigenvalue weighted by molar-refractivity contribution is -0.253. The number of rotatable bonds is 7. The molecule has 1 unspecified atom stereocenters. The first-order chi connectivity index (χ1) is 8.89. The molecule has 1 aliphatic rings. The highest BCUT2D eigenvalue weighted by Crippen LogP contribution is 2.19. The van der Waals surface area contributed by atoms with Crippen LogP contribution in [0.3, 0.4) is 0 Å². The van der Waals surface area contributed by atoms with E-state index < -0.39 is 5.79 Å². The van der Waals surface area contributed by atoms with Crippen molar-refractivity contribution in [2.24, 2.45) is 5.92 Å². The maximum atomic E-state index is 5.69. The van der Waals surface area contributed by atoms with E-state index >= 15 is 0 Å². The van der Waals surface area contributed by atoms with Crippen molar-refractivity contribution in [1.29, 1.82) is 0 Å². The summed E-state index contributed by atoms with van der Waals surface area (Å²) in [6, 6.07) is 0.884. The zero-order valence-electron chi connectivity index (χ0n) is 13.5. The van der Waals surface area contributed by atoms with Crippen LogP contribution in [0.5, 0.6) is 0 Å². The van der Waals surface area contributed by atoms with Crippen LogP contribution in [0.2, 0.25) is 0 Å².